The van der Waals surface area contributed by atoms with Crippen molar-refractivity contribution in [3.63, 3.8) is 0 Å². The molecule has 3 amide bonds. The van der Waals surface area contributed by atoms with Gasteiger partial charge in [-0.25, -0.2) is 27.9 Å². The Bertz CT molecular complexity index is 2310. The second-order valence-corrected chi connectivity index (χ2v) is 14.7. The molecule has 2 aliphatic heterocycles. The molecule has 4 aromatic heterocycles. The van der Waals surface area contributed by atoms with Crippen molar-refractivity contribution in [2.24, 2.45) is 13.0 Å². The summed E-state index contributed by atoms with van der Waals surface area (Å²) >= 11 is 0. The van der Waals surface area contributed by atoms with Crippen LogP contribution in [0.1, 0.15) is 91.1 Å². The van der Waals surface area contributed by atoms with E-state index in [4.69, 9.17) is 5.10 Å². The van der Waals surface area contributed by atoms with E-state index in [1.54, 1.807) is 25.4 Å². The lowest BCUT2D eigenvalue weighted by Gasteiger charge is -2.38. The van der Waals surface area contributed by atoms with Crippen LogP contribution in [0, 0.1) is 5.92 Å². The summed E-state index contributed by atoms with van der Waals surface area (Å²) in [7, 11) is 1.65. The molecule has 6 heterocycles. The highest BCUT2D eigenvalue weighted by Gasteiger charge is 2.36. The number of alkyl halides is 3. The summed E-state index contributed by atoms with van der Waals surface area (Å²) < 4.78 is 47.0. The van der Waals surface area contributed by atoms with Gasteiger partial charge in [-0.15, -0.1) is 0 Å². The highest BCUT2D eigenvalue weighted by atomic mass is 19.3. The van der Waals surface area contributed by atoms with Crippen molar-refractivity contribution in [2.75, 3.05) is 25.0 Å². The number of carbonyl (C=O) groups excluding carboxylic acids is 3. The standard InChI is InChI=1S/C38H40F3N9O4/c1-47-34-25(4-2-7-30(34)50(38(47)54)31-12-13-33(51)45-37(31)53)24-14-15-48(20-26(24)39)18-21-8-10-23(11-9-21)49-19-22-16-32(42-17-29(22)46-49)44-36(52)28-6-3-5-27(43-28)35(40)41/h2-7,16-17,19,21,23-24,26,31,35H,8-15,18,20H2,1H3,(H,44,52)(H,45,51,53)/t21-,23-,24-,26+,31?/m1/s1. The van der Waals surface area contributed by atoms with E-state index in [0.717, 1.165) is 49.7 Å². The number of halogens is 3. The molecule has 1 saturated carbocycles. The maximum atomic E-state index is 16.1. The number of amides is 3. The first-order chi connectivity index (χ1) is 26.0. The third kappa shape index (κ3) is 6.78. The second-order valence-electron chi connectivity index (χ2n) is 14.7. The maximum Gasteiger partial charge on any atom is 0.329 e. The fourth-order valence-electron chi connectivity index (χ4n) is 8.52. The lowest BCUT2D eigenvalue weighted by atomic mass is 9.83. The predicted molar refractivity (Wildman–Crippen MR) is 193 cm³/mol. The molecule has 1 aliphatic carbocycles. The van der Waals surface area contributed by atoms with E-state index < -0.39 is 42.1 Å². The van der Waals surface area contributed by atoms with Crippen LogP contribution in [0.4, 0.5) is 19.0 Å². The highest BCUT2D eigenvalue weighted by Crippen LogP contribution is 2.38. The van der Waals surface area contributed by atoms with Gasteiger partial charge in [0.15, 0.2) is 0 Å². The minimum atomic E-state index is -2.78. The first-order valence-electron chi connectivity index (χ1n) is 18.4. The third-order valence-electron chi connectivity index (χ3n) is 11.3. The third-order valence-corrected chi connectivity index (χ3v) is 11.3. The van der Waals surface area contributed by atoms with Crippen LogP contribution in [0.2, 0.25) is 0 Å². The average molecular weight is 744 g/mol. The number of aromatic nitrogens is 6. The topological polar surface area (TPSA) is 149 Å². The molecule has 13 nitrogen and oxygen atoms in total. The molecule has 8 rings (SSSR count). The first kappa shape index (κ1) is 35.6. The Morgan fingerprint density at radius 1 is 1.04 bits per heavy atom. The van der Waals surface area contributed by atoms with E-state index in [9.17, 15) is 28.0 Å². The number of likely N-dealkylation sites (tertiary alicyclic amines) is 1. The number of piperidine rings is 2. The minimum absolute atomic E-state index is 0.126. The summed E-state index contributed by atoms with van der Waals surface area (Å²) in [5.41, 5.74) is 1.68. The number of aryl methyl sites for hydroxylation is 1. The Labute approximate surface area is 307 Å². The molecule has 1 unspecified atom stereocenters. The normalized spacial score (nSPS) is 24.0. The molecule has 1 aromatic carbocycles. The number of nitrogens with one attached hydrogen (secondary N) is 2. The fourth-order valence-corrected chi connectivity index (χ4v) is 8.52. The lowest BCUT2D eigenvalue weighted by molar-refractivity contribution is -0.135. The molecule has 3 aliphatic rings. The number of benzene rings is 1. The van der Waals surface area contributed by atoms with E-state index in [0.29, 0.717) is 35.4 Å². The number of pyridine rings is 2. The quantitative estimate of drug-likeness (QED) is 0.206. The van der Waals surface area contributed by atoms with Gasteiger partial charge in [-0.3, -0.25) is 33.5 Å². The van der Waals surface area contributed by atoms with Gasteiger partial charge in [0.2, 0.25) is 11.8 Å². The molecule has 0 bridgehead atoms. The van der Waals surface area contributed by atoms with Crippen LogP contribution >= 0.6 is 0 Å². The number of para-hydroxylation sites is 1. The minimum Gasteiger partial charge on any atom is -0.305 e. The van der Waals surface area contributed by atoms with Gasteiger partial charge in [0.05, 0.1) is 23.3 Å². The molecule has 2 N–H and O–H groups in total. The van der Waals surface area contributed by atoms with Gasteiger partial charge in [-0.1, -0.05) is 18.2 Å². The summed E-state index contributed by atoms with van der Waals surface area (Å²) in [4.78, 5) is 60.7. The number of imidazole rings is 1. The summed E-state index contributed by atoms with van der Waals surface area (Å²) in [6.07, 6.45) is 4.35. The number of carbonyl (C=O) groups is 3. The summed E-state index contributed by atoms with van der Waals surface area (Å²) in [6.45, 7) is 1.83. The van der Waals surface area contributed by atoms with Crippen LogP contribution in [0.3, 0.4) is 0 Å². The van der Waals surface area contributed by atoms with Crippen LogP contribution in [0.15, 0.2) is 59.7 Å². The van der Waals surface area contributed by atoms with E-state index in [1.165, 1.54) is 27.3 Å². The molecule has 5 aromatic rings. The van der Waals surface area contributed by atoms with Gasteiger partial charge >= 0.3 is 5.69 Å². The molecule has 0 radical (unpaired) electrons. The van der Waals surface area contributed by atoms with Crippen molar-refractivity contribution in [2.45, 2.75) is 75.5 Å². The Balaban J connectivity index is 0.874. The number of nitrogens with zero attached hydrogens (tertiary/aromatic N) is 7. The molecule has 2 saturated heterocycles. The number of rotatable bonds is 8. The molecule has 3 atom stereocenters. The molecule has 54 heavy (non-hydrogen) atoms. The molecule has 3 fully saturated rings. The summed E-state index contributed by atoms with van der Waals surface area (Å²) in [5.74, 6) is -1.19. The average Bonchev–Trinajstić information content (AvgIpc) is 3.70. The maximum absolute atomic E-state index is 16.1. The number of fused-ring (bicyclic) bond motifs is 2. The highest BCUT2D eigenvalue weighted by molar-refractivity contribution is 6.03. The van der Waals surface area contributed by atoms with Crippen LogP contribution < -0.4 is 16.3 Å². The van der Waals surface area contributed by atoms with Crippen LogP contribution in [-0.4, -0.2) is 77.3 Å². The van der Waals surface area contributed by atoms with Gasteiger partial charge in [0.1, 0.15) is 34.9 Å². The lowest BCUT2D eigenvalue weighted by Crippen LogP contribution is -2.44. The summed E-state index contributed by atoms with van der Waals surface area (Å²) in [5, 5.41) is 10.5. The van der Waals surface area contributed by atoms with Crippen LogP contribution in [0.25, 0.3) is 21.9 Å². The van der Waals surface area contributed by atoms with Crippen molar-refractivity contribution in [3.8, 4) is 0 Å². The van der Waals surface area contributed by atoms with Crippen molar-refractivity contribution in [1.29, 1.82) is 0 Å². The van der Waals surface area contributed by atoms with Gasteiger partial charge in [-0.2, -0.15) is 5.10 Å². The fraction of sp³-hybridized carbons (Fsp3) is 0.447. The number of anilines is 1. The van der Waals surface area contributed by atoms with Gasteiger partial charge < -0.3 is 10.2 Å². The Kier molecular flexibility index (Phi) is 9.54. The largest absolute Gasteiger partial charge is 0.329 e. The second kappa shape index (κ2) is 14.5. The van der Waals surface area contributed by atoms with Crippen molar-refractivity contribution in [1.82, 2.24) is 39.1 Å². The predicted octanol–water partition coefficient (Wildman–Crippen LogP) is 5.21. The zero-order chi connectivity index (χ0) is 37.7. The zero-order valence-electron chi connectivity index (χ0n) is 29.6. The van der Waals surface area contributed by atoms with Crippen LogP contribution in [0.5, 0.6) is 0 Å². The van der Waals surface area contributed by atoms with Crippen LogP contribution in [-0.2, 0) is 16.6 Å². The Morgan fingerprint density at radius 2 is 1.83 bits per heavy atom. The van der Waals surface area contributed by atoms with Crippen molar-refractivity contribution < 1.29 is 27.6 Å². The molecular formula is C38H40F3N9O4. The van der Waals surface area contributed by atoms with E-state index in [1.807, 2.05) is 23.0 Å². The number of hydrogen-bond donors (Lipinski definition) is 2. The summed E-state index contributed by atoms with van der Waals surface area (Å²) in [6, 6.07) is 10.5. The Hall–Kier alpha value is -5.38. The van der Waals surface area contributed by atoms with Gasteiger partial charge in [0.25, 0.3) is 12.3 Å². The monoisotopic (exact) mass is 743 g/mol. The number of imide groups is 1. The van der Waals surface area contributed by atoms with Gasteiger partial charge in [-0.05, 0) is 80.8 Å². The molecular weight excluding hydrogens is 703 g/mol. The zero-order valence-corrected chi connectivity index (χ0v) is 29.6. The molecule has 16 heteroatoms. The van der Waals surface area contributed by atoms with Crippen molar-refractivity contribution >= 4 is 45.5 Å². The first-order valence-corrected chi connectivity index (χ1v) is 18.4. The van der Waals surface area contributed by atoms with Crippen molar-refractivity contribution in [3.05, 3.63) is 82.3 Å². The Morgan fingerprint density at radius 3 is 2.59 bits per heavy atom. The SMILES string of the molecule is Cn1c(=O)n(C2CCC(=O)NC2=O)c2cccc([C@H]3CCN(C[C@H]4CC[C@H](n5cc6cc(NC(=O)c7cccc(C(F)F)n7)ncc6n5)CC4)C[C@@H]3F)c21. The van der Waals surface area contributed by atoms with Gasteiger partial charge in [0, 0.05) is 44.1 Å². The molecule has 0 spiro atoms. The van der Waals surface area contributed by atoms with E-state index in [-0.39, 0.29) is 42.0 Å². The van der Waals surface area contributed by atoms with E-state index in [2.05, 4.69) is 25.5 Å². The smallest absolute Gasteiger partial charge is 0.305 e. The van der Waals surface area contributed by atoms with E-state index >= 15 is 4.39 Å². The number of hydrogen-bond acceptors (Lipinski definition) is 8. The molecule has 282 valence electrons.